The number of hydrogen-bond donors (Lipinski definition) is 1. The lowest BCUT2D eigenvalue weighted by Gasteiger charge is -2.29. The number of methoxy groups -OCH3 is 1. The number of H-pyrrole nitrogens is 1. The van der Waals surface area contributed by atoms with Crippen molar-refractivity contribution in [2.24, 2.45) is 5.92 Å². The Bertz CT molecular complexity index is 1100. The van der Waals surface area contributed by atoms with Crippen molar-refractivity contribution < 1.29 is 14.3 Å². The molecule has 6 nitrogen and oxygen atoms in total. The lowest BCUT2D eigenvalue weighted by Crippen LogP contribution is -2.46. The zero-order valence-corrected chi connectivity index (χ0v) is 21.3. The summed E-state index contributed by atoms with van der Waals surface area (Å²) in [5, 5.41) is 1.14. The third-order valence-corrected chi connectivity index (χ3v) is 5.99. The molecular formula is C26H31Cl2N3O3. The summed E-state index contributed by atoms with van der Waals surface area (Å²) < 4.78 is 5.24. The van der Waals surface area contributed by atoms with Crippen LogP contribution in [0, 0.1) is 5.92 Å². The second kappa shape index (κ2) is 12.1. The van der Waals surface area contributed by atoms with E-state index in [-0.39, 0.29) is 18.4 Å². The molecule has 0 saturated carbocycles. The van der Waals surface area contributed by atoms with Crippen molar-refractivity contribution in [2.45, 2.75) is 31.6 Å². The van der Waals surface area contributed by atoms with E-state index in [1.165, 1.54) is 4.90 Å². The first-order valence-corrected chi connectivity index (χ1v) is 12.2. The summed E-state index contributed by atoms with van der Waals surface area (Å²) in [6.07, 6.45) is 2.67. The van der Waals surface area contributed by atoms with Crippen molar-refractivity contribution in [3.8, 4) is 5.75 Å². The second-order valence-corrected chi connectivity index (χ2v) is 9.78. The van der Waals surface area contributed by atoms with Gasteiger partial charge in [0, 0.05) is 36.7 Å². The molecule has 0 radical (unpaired) electrons. The van der Waals surface area contributed by atoms with Gasteiger partial charge in [0.2, 0.25) is 5.91 Å². The minimum absolute atomic E-state index is 0.0724. The Morgan fingerprint density at radius 3 is 2.38 bits per heavy atom. The first-order valence-electron chi connectivity index (χ1n) is 11.3. The summed E-state index contributed by atoms with van der Waals surface area (Å²) in [7, 11) is 1.62. The van der Waals surface area contributed by atoms with Gasteiger partial charge < -0.3 is 19.5 Å². The van der Waals surface area contributed by atoms with Gasteiger partial charge in [-0.3, -0.25) is 9.59 Å². The molecule has 0 aliphatic heterocycles. The van der Waals surface area contributed by atoms with Gasteiger partial charge in [0.25, 0.3) is 5.91 Å². The molecule has 1 heterocycles. The monoisotopic (exact) mass is 503 g/mol. The molecule has 0 fully saturated rings. The van der Waals surface area contributed by atoms with Crippen LogP contribution in [0.3, 0.4) is 0 Å². The van der Waals surface area contributed by atoms with Crippen LogP contribution in [0.5, 0.6) is 5.75 Å². The lowest BCUT2D eigenvalue weighted by atomic mass is 10.1. The molecule has 1 aromatic heterocycles. The molecule has 8 heteroatoms. The number of benzene rings is 2. The number of alkyl halides is 2. The average Bonchev–Trinajstić information content (AvgIpc) is 3.23. The number of aromatic amines is 1. The summed E-state index contributed by atoms with van der Waals surface area (Å²) in [5.74, 6) is 0.319. The summed E-state index contributed by atoms with van der Waals surface area (Å²) in [5.41, 5.74) is 3.18. The van der Waals surface area contributed by atoms with Crippen LogP contribution in [0.25, 0.3) is 10.9 Å². The van der Waals surface area contributed by atoms with E-state index in [2.05, 4.69) is 11.1 Å². The third-order valence-electron chi connectivity index (χ3n) is 5.62. The minimum Gasteiger partial charge on any atom is -0.497 e. The Balaban J connectivity index is 1.79. The van der Waals surface area contributed by atoms with Gasteiger partial charge >= 0.3 is 0 Å². The molecule has 0 unspecified atom stereocenters. The molecule has 1 N–H and O–H groups in total. The van der Waals surface area contributed by atoms with Crippen molar-refractivity contribution in [2.75, 3.05) is 26.7 Å². The van der Waals surface area contributed by atoms with Crippen LogP contribution in [0.1, 0.15) is 25.0 Å². The fourth-order valence-corrected chi connectivity index (χ4v) is 4.19. The number of carbonyl (C=O) groups excluding carboxylic acids is 2. The van der Waals surface area contributed by atoms with Gasteiger partial charge in [-0.25, -0.2) is 0 Å². The summed E-state index contributed by atoms with van der Waals surface area (Å²) in [6.45, 7) is 5.21. The molecule has 0 spiro atoms. The van der Waals surface area contributed by atoms with E-state index in [0.717, 1.165) is 27.8 Å². The van der Waals surface area contributed by atoms with Crippen LogP contribution in [0.2, 0.25) is 0 Å². The zero-order chi connectivity index (χ0) is 24.7. The zero-order valence-electron chi connectivity index (χ0n) is 19.8. The van der Waals surface area contributed by atoms with Crippen molar-refractivity contribution in [3.05, 3.63) is 65.9 Å². The van der Waals surface area contributed by atoms with Crippen LogP contribution in [-0.2, 0) is 22.6 Å². The highest BCUT2D eigenvalue weighted by atomic mass is 35.5. The number of amides is 2. The van der Waals surface area contributed by atoms with Crippen LogP contribution in [0.15, 0.2) is 54.7 Å². The first kappa shape index (κ1) is 25.9. The number of fused-ring (bicyclic) bond motifs is 1. The van der Waals surface area contributed by atoms with E-state index in [9.17, 15) is 9.59 Å². The van der Waals surface area contributed by atoms with Gasteiger partial charge in [0.15, 0.2) is 4.84 Å². The quantitative estimate of drug-likeness (QED) is 0.373. The highest BCUT2D eigenvalue weighted by molar-refractivity contribution is 6.53. The molecule has 34 heavy (non-hydrogen) atoms. The number of nitrogens with zero attached hydrogens (tertiary/aromatic N) is 2. The maximum Gasteiger partial charge on any atom is 0.256 e. The normalized spacial score (nSPS) is 11.3. The number of aromatic nitrogens is 1. The average molecular weight is 504 g/mol. The van der Waals surface area contributed by atoms with Crippen molar-refractivity contribution in [1.82, 2.24) is 14.8 Å². The number of ether oxygens (including phenoxy) is 1. The predicted molar refractivity (Wildman–Crippen MR) is 137 cm³/mol. The van der Waals surface area contributed by atoms with Crippen LogP contribution in [-0.4, -0.2) is 58.2 Å². The van der Waals surface area contributed by atoms with Gasteiger partial charge in [-0.1, -0.05) is 67.4 Å². The molecule has 0 aliphatic carbocycles. The molecule has 0 aliphatic rings. The topological polar surface area (TPSA) is 65.6 Å². The van der Waals surface area contributed by atoms with Crippen molar-refractivity contribution in [1.29, 1.82) is 0 Å². The molecule has 0 saturated heterocycles. The number of para-hydroxylation sites is 1. The fraction of sp³-hybridized carbons (Fsp3) is 0.385. The van der Waals surface area contributed by atoms with E-state index in [1.807, 2.05) is 62.5 Å². The van der Waals surface area contributed by atoms with Gasteiger partial charge in [0.05, 0.1) is 13.7 Å². The van der Waals surface area contributed by atoms with Crippen molar-refractivity contribution in [3.63, 3.8) is 0 Å². The highest BCUT2D eigenvalue weighted by Gasteiger charge is 2.26. The molecule has 0 bridgehead atoms. The third kappa shape index (κ3) is 6.90. The smallest absolute Gasteiger partial charge is 0.256 e. The second-order valence-electron chi connectivity index (χ2n) is 8.69. The molecule has 3 rings (SSSR count). The molecule has 2 aromatic carbocycles. The summed E-state index contributed by atoms with van der Waals surface area (Å²) >= 11 is 11.7. The minimum atomic E-state index is -1.20. The van der Waals surface area contributed by atoms with Crippen LogP contribution < -0.4 is 4.74 Å². The number of nitrogens with one attached hydrogen (secondary N) is 1. The van der Waals surface area contributed by atoms with E-state index in [0.29, 0.717) is 26.1 Å². The number of halogens is 2. The maximum atomic E-state index is 13.4. The van der Waals surface area contributed by atoms with Gasteiger partial charge in [0.1, 0.15) is 5.75 Å². The van der Waals surface area contributed by atoms with Gasteiger partial charge in [-0.05, 0) is 41.7 Å². The van der Waals surface area contributed by atoms with Gasteiger partial charge in [-0.15, -0.1) is 0 Å². The molecule has 182 valence electrons. The Morgan fingerprint density at radius 2 is 1.74 bits per heavy atom. The molecular weight excluding hydrogens is 473 g/mol. The van der Waals surface area contributed by atoms with E-state index >= 15 is 0 Å². The Labute approximate surface area is 210 Å². The maximum absolute atomic E-state index is 13.4. The number of hydrogen-bond acceptors (Lipinski definition) is 3. The first-order chi connectivity index (χ1) is 16.3. The number of carbonyl (C=O) groups is 2. The fourth-order valence-electron chi connectivity index (χ4n) is 3.91. The molecule has 0 atom stereocenters. The number of rotatable bonds is 11. The standard InChI is InChI=1S/C26H31Cl2N3O3/c1-18(2)15-31(26(33)25(27)28)17-24(32)30(16-19-8-10-21(34-3)11-9-19)13-12-20-14-29-23-7-5-4-6-22(20)23/h4-11,14,18,25,29H,12-13,15-17H2,1-3H3. The Kier molecular flexibility index (Phi) is 9.25. The van der Waals surface area contributed by atoms with E-state index in [1.54, 1.807) is 12.0 Å². The predicted octanol–water partition coefficient (Wildman–Crippen LogP) is 5.04. The van der Waals surface area contributed by atoms with Gasteiger partial charge in [-0.2, -0.15) is 0 Å². The molecule has 2 amide bonds. The largest absolute Gasteiger partial charge is 0.497 e. The Morgan fingerprint density at radius 1 is 1.03 bits per heavy atom. The van der Waals surface area contributed by atoms with Crippen LogP contribution >= 0.6 is 23.2 Å². The summed E-state index contributed by atoms with van der Waals surface area (Å²) in [6, 6.07) is 15.7. The summed E-state index contributed by atoms with van der Waals surface area (Å²) in [4.78, 5) is 31.3. The lowest BCUT2D eigenvalue weighted by molar-refractivity contribution is -0.140. The van der Waals surface area contributed by atoms with E-state index in [4.69, 9.17) is 27.9 Å². The van der Waals surface area contributed by atoms with Crippen LogP contribution in [0.4, 0.5) is 0 Å². The van der Waals surface area contributed by atoms with E-state index < -0.39 is 10.7 Å². The SMILES string of the molecule is COc1ccc(CN(CCc2c[nH]c3ccccc23)C(=O)CN(CC(C)C)C(=O)C(Cl)Cl)cc1. The highest BCUT2D eigenvalue weighted by Crippen LogP contribution is 2.20. The molecule has 3 aromatic rings. The Hall–Kier alpha value is -2.70. The van der Waals surface area contributed by atoms with Crippen molar-refractivity contribution >= 4 is 45.9 Å².